The van der Waals surface area contributed by atoms with Crippen molar-refractivity contribution >= 4 is 34.2 Å². The topological polar surface area (TPSA) is 127 Å². The molecule has 0 spiro atoms. The number of nitrogens with one attached hydrogen (secondary N) is 2. The molecule has 0 bridgehead atoms. The number of aliphatic hydroxyl groups is 1. The van der Waals surface area contributed by atoms with Gasteiger partial charge in [0.05, 0.1) is 23.8 Å². The standard InChI is InChI=1S/C23H24F2N4O4S/c1-11-12(10-27-22(31)33-4)5-6-18(28-11)29-21-14(20(26)30)9-17(34-21)19-15(24)7-13(8-16(19)25)23(2,3)32/h5-9,32H,10H2,1-4H3,(H2,26,30)(H,27,31)(H,28,29). The second-order valence-corrected chi connectivity index (χ2v) is 9.05. The van der Waals surface area contributed by atoms with Crippen LogP contribution in [0.3, 0.4) is 0 Å². The number of thiophene rings is 1. The van der Waals surface area contributed by atoms with E-state index in [1.54, 1.807) is 19.1 Å². The molecule has 3 rings (SSSR count). The van der Waals surface area contributed by atoms with Gasteiger partial charge in [-0.1, -0.05) is 6.07 Å². The maximum Gasteiger partial charge on any atom is 0.407 e. The Bertz CT molecular complexity index is 1230. The lowest BCUT2D eigenvalue weighted by molar-refractivity contribution is 0.0778. The molecule has 0 saturated heterocycles. The minimum absolute atomic E-state index is 0.0428. The Balaban J connectivity index is 1.94. The van der Waals surface area contributed by atoms with E-state index >= 15 is 0 Å². The largest absolute Gasteiger partial charge is 0.453 e. The molecule has 0 atom stereocenters. The Morgan fingerprint density at radius 1 is 1.21 bits per heavy atom. The number of aryl methyl sites for hydroxylation is 1. The van der Waals surface area contributed by atoms with Crippen LogP contribution in [0.1, 0.15) is 41.0 Å². The molecule has 5 N–H and O–H groups in total. The van der Waals surface area contributed by atoms with Crippen molar-refractivity contribution in [2.24, 2.45) is 5.73 Å². The first kappa shape index (κ1) is 25.1. The number of hydrogen-bond acceptors (Lipinski definition) is 7. The number of carbonyl (C=O) groups excluding carboxylic acids is 2. The van der Waals surface area contributed by atoms with Crippen LogP contribution >= 0.6 is 11.3 Å². The number of amides is 2. The Kier molecular flexibility index (Phi) is 7.18. The fourth-order valence-electron chi connectivity index (χ4n) is 3.15. The second-order valence-electron chi connectivity index (χ2n) is 8.00. The number of methoxy groups -OCH3 is 1. The van der Waals surface area contributed by atoms with Crippen LogP contribution in [-0.2, 0) is 16.9 Å². The van der Waals surface area contributed by atoms with Gasteiger partial charge in [0, 0.05) is 17.1 Å². The van der Waals surface area contributed by atoms with Crippen molar-refractivity contribution in [2.45, 2.75) is 32.9 Å². The summed E-state index contributed by atoms with van der Waals surface area (Å²) in [5, 5.41) is 15.9. The van der Waals surface area contributed by atoms with Crippen molar-refractivity contribution in [1.82, 2.24) is 10.3 Å². The van der Waals surface area contributed by atoms with E-state index in [1.165, 1.54) is 27.0 Å². The van der Waals surface area contributed by atoms with Crippen molar-refractivity contribution in [1.29, 1.82) is 0 Å². The fourth-order valence-corrected chi connectivity index (χ4v) is 4.27. The molecule has 11 heteroatoms. The summed E-state index contributed by atoms with van der Waals surface area (Å²) in [6.07, 6.45) is -0.575. The first-order valence-electron chi connectivity index (χ1n) is 10.1. The van der Waals surface area contributed by atoms with Crippen LogP contribution < -0.4 is 16.4 Å². The number of nitrogens with two attached hydrogens (primary N) is 1. The van der Waals surface area contributed by atoms with Gasteiger partial charge in [0.2, 0.25) is 0 Å². The summed E-state index contributed by atoms with van der Waals surface area (Å²) in [6.45, 7) is 4.79. The number of pyridine rings is 1. The summed E-state index contributed by atoms with van der Waals surface area (Å²) in [7, 11) is 1.26. The maximum atomic E-state index is 14.8. The zero-order valence-corrected chi connectivity index (χ0v) is 19.8. The molecule has 3 aromatic rings. The van der Waals surface area contributed by atoms with E-state index < -0.39 is 29.2 Å². The number of ether oxygens (including phenoxy) is 1. The Morgan fingerprint density at radius 3 is 2.38 bits per heavy atom. The summed E-state index contributed by atoms with van der Waals surface area (Å²) in [4.78, 5) is 27.8. The summed E-state index contributed by atoms with van der Waals surface area (Å²) in [5.41, 5.74) is 5.21. The van der Waals surface area contributed by atoms with Gasteiger partial charge in [-0.05, 0) is 56.2 Å². The van der Waals surface area contributed by atoms with Gasteiger partial charge in [-0.15, -0.1) is 11.3 Å². The van der Waals surface area contributed by atoms with Crippen LogP contribution in [0.15, 0.2) is 30.3 Å². The number of hydrogen-bond donors (Lipinski definition) is 4. The van der Waals surface area contributed by atoms with Crippen LogP contribution in [0.4, 0.5) is 24.4 Å². The quantitative estimate of drug-likeness (QED) is 0.391. The monoisotopic (exact) mass is 490 g/mol. The van der Waals surface area contributed by atoms with Crippen LogP contribution in [-0.4, -0.2) is 29.2 Å². The normalized spacial score (nSPS) is 11.3. The van der Waals surface area contributed by atoms with Crippen LogP contribution in [0.2, 0.25) is 0 Å². The van der Waals surface area contributed by atoms with E-state index in [4.69, 9.17) is 5.73 Å². The molecule has 0 aliphatic rings. The molecule has 0 unspecified atom stereocenters. The van der Waals surface area contributed by atoms with E-state index in [2.05, 4.69) is 20.4 Å². The van der Waals surface area contributed by atoms with Gasteiger partial charge in [-0.3, -0.25) is 4.79 Å². The molecule has 2 aromatic heterocycles. The zero-order chi connectivity index (χ0) is 25.2. The number of rotatable bonds is 7. The SMILES string of the molecule is COC(=O)NCc1ccc(Nc2sc(-c3c(F)cc(C(C)(C)O)cc3F)cc2C(N)=O)nc1C. The molecule has 2 amide bonds. The molecular formula is C23H24F2N4O4S. The average Bonchev–Trinajstić information content (AvgIpc) is 3.15. The fraction of sp³-hybridized carbons (Fsp3) is 0.261. The lowest BCUT2D eigenvalue weighted by atomic mass is 9.96. The summed E-state index contributed by atoms with van der Waals surface area (Å²) < 4.78 is 34.2. The summed E-state index contributed by atoms with van der Waals surface area (Å²) in [6, 6.07) is 6.78. The zero-order valence-electron chi connectivity index (χ0n) is 19.0. The van der Waals surface area contributed by atoms with E-state index in [-0.39, 0.29) is 33.1 Å². The van der Waals surface area contributed by atoms with Crippen molar-refractivity contribution in [2.75, 3.05) is 12.4 Å². The highest BCUT2D eigenvalue weighted by Crippen LogP contribution is 2.40. The summed E-state index contributed by atoms with van der Waals surface area (Å²) >= 11 is 0.937. The van der Waals surface area contributed by atoms with E-state index in [9.17, 15) is 23.5 Å². The minimum Gasteiger partial charge on any atom is -0.453 e. The van der Waals surface area contributed by atoms with Gasteiger partial charge in [0.15, 0.2) is 0 Å². The van der Waals surface area contributed by atoms with E-state index in [1.807, 2.05) is 0 Å². The average molecular weight is 491 g/mol. The molecular weight excluding hydrogens is 466 g/mol. The van der Waals surface area contributed by atoms with Crippen molar-refractivity contribution in [3.05, 3.63) is 64.4 Å². The number of primary amides is 1. The number of halogens is 2. The number of carbonyl (C=O) groups is 2. The molecule has 0 aliphatic carbocycles. The van der Waals surface area contributed by atoms with E-state index in [0.717, 1.165) is 29.0 Å². The smallest absolute Gasteiger partial charge is 0.407 e. The molecule has 180 valence electrons. The second kappa shape index (κ2) is 9.74. The first-order chi connectivity index (χ1) is 15.9. The van der Waals surface area contributed by atoms with Crippen LogP contribution in [0, 0.1) is 18.6 Å². The summed E-state index contributed by atoms with van der Waals surface area (Å²) in [5.74, 6) is -2.17. The maximum absolute atomic E-state index is 14.8. The minimum atomic E-state index is -1.43. The number of anilines is 2. The predicted octanol–water partition coefficient (Wildman–Crippen LogP) is 4.32. The first-order valence-corrected chi connectivity index (χ1v) is 10.9. The lowest BCUT2D eigenvalue weighted by Gasteiger charge is -2.18. The Labute approximate surface area is 198 Å². The third-order valence-corrected chi connectivity index (χ3v) is 6.11. The van der Waals surface area contributed by atoms with Crippen LogP contribution in [0.5, 0.6) is 0 Å². The molecule has 1 aromatic carbocycles. The van der Waals surface area contributed by atoms with Gasteiger partial charge in [0.25, 0.3) is 5.91 Å². The Morgan fingerprint density at radius 2 is 1.85 bits per heavy atom. The Hall–Kier alpha value is -3.57. The molecule has 0 aliphatic heterocycles. The molecule has 0 radical (unpaired) electrons. The number of alkyl carbamates (subject to hydrolysis) is 1. The van der Waals surface area contributed by atoms with Crippen molar-refractivity contribution in [3.8, 4) is 10.4 Å². The van der Waals surface area contributed by atoms with Crippen LogP contribution in [0.25, 0.3) is 10.4 Å². The number of aromatic nitrogens is 1. The molecule has 34 heavy (non-hydrogen) atoms. The van der Waals surface area contributed by atoms with Gasteiger partial charge in [0.1, 0.15) is 22.5 Å². The highest BCUT2D eigenvalue weighted by atomic mass is 32.1. The third-order valence-electron chi connectivity index (χ3n) is 5.04. The van der Waals surface area contributed by atoms with Crippen molar-refractivity contribution in [3.63, 3.8) is 0 Å². The van der Waals surface area contributed by atoms with Gasteiger partial charge in [-0.25, -0.2) is 18.6 Å². The lowest BCUT2D eigenvalue weighted by Crippen LogP contribution is -2.22. The van der Waals surface area contributed by atoms with Gasteiger partial charge >= 0.3 is 6.09 Å². The number of nitrogens with zero attached hydrogens (tertiary/aromatic N) is 1. The van der Waals surface area contributed by atoms with Gasteiger partial charge in [-0.2, -0.15) is 0 Å². The highest BCUT2D eigenvalue weighted by molar-refractivity contribution is 7.20. The molecule has 2 heterocycles. The van der Waals surface area contributed by atoms with Gasteiger partial charge < -0.3 is 26.2 Å². The third kappa shape index (κ3) is 5.49. The molecule has 0 saturated carbocycles. The number of benzene rings is 1. The predicted molar refractivity (Wildman–Crippen MR) is 125 cm³/mol. The van der Waals surface area contributed by atoms with Crippen molar-refractivity contribution < 1.29 is 28.2 Å². The highest BCUT2D eigenvalue weighted by Gasteiger charge is 2.24. The van der Waals surface area contributed by atoms with E-state index in [0.29, 0.717) is 11.5 Å². The molecule has 8 nitrogen and oxygen atoms in total. The molecule has 0 fully saturated rings.